The molecule has 1 aromatic heterocycles. The highest BCUT2D eigenvalue weighted by molar-refractivity contribution is 5.95. The molecule has 15 heavy (non-hydrogen) atoms. The van der Waals surface area contributed by atoms with Crippen molar-refractivity contribution in [1.29, 1.82) is 0 Å². The minimum atomic E-state index is 0.172. The maximum Gasteiger partial charge on any atom is 0.186 e. The van der Waals surface area contributed by atoms with Crippen LogP contribution < -0.4 is 5.73 Å². The molecular formula is C11H19N3O. The first-order valence-corrected chi connectivity index (χ1v) is 5.35. The molecule has 0 radical (unpaired) electrons. The number of amidine groups is 1. The lowest BCUT2D eigenvalue weighted by molar-refractivity contribution is 0.318. The highest BCUT2D eigenvalue weighted by Crippen LogP contribution is 2.13. The lowest BCUT2D eigenvalue weighted by atomic mass is 10.0. The van der Waals surface area contributed by atoms with Gasteiger partial charge in [0.1, 0.15) is 0 Å². The van der Waals surface area contributed by atoms with Crippen LogP contribution in [0.15, 0.2) is 23.5 Å². The first-order chi connectivity index (χ1) is 7.22. The van der Waals surface area contributed by atoms with Gasteiger partial charge >= 0.3 is 0 Å². The molecule has 0 spiro atoms. The third-order valence-corrected chi connectivity index (χ3v) is 2.81. The summed E-state index contributed by atoms with van der Waals surface area (Å²) in [6, 6.07) is 3.77. The fourth-order valence-electron chi connectivity index (χ4n) is 1.68. The summed E-state index contributed by atoms with van der Waals surface area (Å²) in [4.78, 5) is 0. The number of aromatic nitrogens is 1. The highest BCUT2D eigenvalue weighted by Gasteiger charge is 2.09. The van der Waals surface area contributed by atoms with Crippen molar-refractivity contribution in [2.75, 3.05) is 0 Å². The highest BCUT2D eigenvalue weighted by atomic mass is 16.4. The Morgan fingerprint density at radius 3 is 2.73 bits per heavy atom. The number of nitrogens with zero attached hydrogens (tertiary/aromatic N) is 2. The van der Waals surface area contributed by atoms with E-state index in [1.807, 2.05) is 22.9 Å². The first-order valence-electron chi connectivity index (χ1n) is 5.35. The molecule has 0 saturated carbocycles. The van der Waals surface area contributed by atoms with Crippen LogP contribution in [-0.2, 0) is 6.54 Å². The van der Waals surface area contributed by atoms with E-state index in [0.717, 1.165) is 25.1 Å². The molecule has 0 unspecified atom stereocenters. The summed E-state index contributed by atoms with van der Waals surface area (Å²) in [5.74, 6) is 0.814. The Bertz CT molecular complexity index is 326. The molecule has 0 saturated heterocycles. The molecule has 0 amide bonds. The molecule has 0 aliphatic heterocycles. The minimum absolute atomic E-state index is 0.172. The average molecular weight is 209 g/mol. The normalized spacial score (nSPS) is 12.3. The molecule has 0 aromatic carbocycles. The monoisotopic (exact) mass is 209 g/mol. The summed E-state index contributed by atoms with van der Waals surface area (Å²) in [6.07, 6.45) is 4.25. The Hall–Kier alpha value is -1.45. The molecule has 1 aromatic rings. The van der Waals surface area contributed by atoms with Crippen molar-refractivity contribution in [2.45, 2.75) is 33.2 Å². The van der Waals surface area contributed by atoms with Gasteiger partial charge in [-0.25, -0.2) is 0 Å². The third kappa shape index (κ3) is 2.75. The van der Waals surface area contributed by atoms with E-state index in [1.54, 1.807) is 0 Å². The molecule has 84 valence electrons. The van der Waals surface area contributed by atoms with Gasteiger partial charge in [-0.2, -0.15) is 0 Å². The molecule has 0 fully saturated rings. The zero-order chi connectivity index (χ0) is 11.3. The predicted octanol–water partition coefficient (Wildman–Crippen LogP) is 2.02. The largest absolute Gasteiger partial charge is 0.409 e. The SMILES string of the molecule is CCC(CC)Cn1cccc1/C(N)=N/O. The zero-order valence-corrected chi connectivity index (χ0v) is 9.35. The molecule has 0 aliphatic rings. The molecule has 0 atom stereocenters. The van der Waals surface area contributed by atoms with Crippen LogP contribution >= 0.6 is 0 Å². The zero-order valence-electron chi connectivity index (χ0n) is 9.35. The fraction of sp³-hybridized carbons (Fsp3) is 0.545. The van der Waals surface area contributed by atoms with Gasteiger partial charge in [0.2, 0.25) is 0 Å². The van der Waals surface area contributed by atoms with Crippen LogP contribution in [0.2, 0.25) is 0 Å². The van der Waals surface area contributed by atoms with E-state index < -0.39 is 0 Å². The molecule has 4 heteroatoms. The van der Waals surface area contributed by atoms with E-state index in [1.165, 1.54) is 0 Å². The van der Waals surface area contributed by atoms with Crippen molar-refractivity contribution < 1.29 is 5.21 Å². The van der Waals surface area contributed by atoms with Crippen LogP contribution in [0.25, 0.3) is 0 Å². The summed E-state index contributed by atoms with van der Waals surface area (Å²) in [6.45, 7) is 5.28. The van der Waals surface area contributed by atoms with Gasteiger partial charge in [-0.15, -0.1) is 0 Å². The second-order valence-corrected chi connectivity index (χ2v) is 3.71. The average Bonchev–Trinajstić information content (AvgIpc) is 2.72. The summed E-state index contributed by atoms with van der Waals surface area (Å²) in [5.41, 5.74) is 6.36. The second kappa shape index (κ2) is 5.44. The van der Waals surface area contributed by atoms with Gasteiger partial charge in [-0.1, -0.05) is 31.8 Å². The lowest BCUT2D eigenvalue weighted by Gasteiger charge is -2.15. The summed E-state index contributed by atoms with van der Waals surface area (Å²) < 4.78 is 2.03. The summed E-state index contributed by atoms with van der Waals surface area (Å²) >= 11 is 0. The minimum Gasteiger partial charge on any atom is -0.409 e. The van der Waals surface area contributed by atoms with Gasteiger partial charge in [0.25, 0.3) is 0 Å². The number of hydrogen-bond acceptors (Lipinski definition) is 2. The van der Waals surface area contributed by atoms with E-state index in [2.05, 4.69) is 19.0 Å². The van der Waals surface area contributed by atoms with E-state index >= 15 is 0 Å². The van der Waals surface area contributed by atoms with Crippen molar-refractivity contribution in [3.63, 3.8) is 0 Å². The Kier molecular flexibility index (Phi) is 4.21. The standard InChI is InChI=1S/C11H19N3O/c1-3-9(4-2)8-14-7-5-6-10(14)11(12)13-15/h5-7,9,15H,3-4,8H2,1-2H3,(H2,12,13). The maximum absolute atomic E-state index is 8.63. The first kappa shape index (κ1) is 11.6. The van der Waals surface area contributed by atoms with Crippen LogP contribution in [0.1, 0.15) is 32.4 Å². The van der Waals surface area contributed by atoms with Crippen LogP contribution in [0.4, 0.5) is 0 Å². The number of nitrogens with two attached hydrogens (primary N) is 1. The molecule has 1 heterocycles. The number of rotatable bonds is 5. The second-order valence-electron chi connectivity index (χ2n) is 3.71. The molecular weight excluding hydrogens is 190 g/mol. The summed E-state index contributed by atoms with van der Waals surface area (Å²) in [5, 5.41) is 11.7. The van der Waals surface area contributed by atoms with Crippen molar-refractivity contribution in [2.24, 2.45) is 16.8 Å². The quantitative estimate of drug-likeness (QED) is 0.337. The van der Waals surface area contributed by atoms with Gasteiger partial charge in [0.15, 0.2) is 5.84 Å². The smallest absolute Gasteiger partial charge is 0.186 e. The topological polar surface area (TPSA) is 63.5 Å². The van der Waals surface area contributed by atoms with Gasteiger partial charge in [-0.3, -0.25) is 0 Å². The summed E-state index contributed by atoms with van der Waals surface area (Å²) in [7, 11) is 0. The van der Waals surface area contributed by atoms with Gasteiger partial charge in [0.05, 0.1) is 5.69 Å². The van der Waals surface area contributed by atoms with E-state index in [-0.39, 0.29) is 5.84 Å². The van der Waals surface area contributed by atoms with Crippen molar-refractivity contribution >= 4 is 5.84 Å². The van der Waals surface area contributed by atoms with Gasteiger partial charge in [0, 0.05) is 12.7 Å². The molecule has 4 nitrogen and oxygen atoms in total. The maximum atomic E-state index is 8.63. The third-order valence-electron chi connectivity index (χ3n) is 2.81. The number of oxime groups is 1. The van der Waals surface area contributed by atoms with Crippen LogP contribution in [0.3, 0.4) is 0 Å². The van der Waals surface area contributed by atoms with Crippen LogP contribution in [-0.4, -0.2) is 15.6 Å². The number of hydrogen-bond donors (Lipinski definition) is 2. The Morgan fingerprint density at radius 2 is 2.20 bits per heavy atom. The van der Waals surface area contributed by atoms with E-state index in [0.29, 0.717) is 5.92 Å². The molecule has 3 N–H and O–H groups in total. The van der Waals surface area contributed by atoms with Crippen LogP contribution in [0, 0.1) is 5.92 Å². The molecule has 0 bridgehead atoms. The van der Waals surface area contributed by atoms with Crippen molar-refractivity contribution in [3.8, 4) is 0 Å². The predicted molar refractivity (Wildman–Crippen MR) is 61.0 cm³/mol. The Labute approximate surface area is 90.4 Å². The lowest BCUT2D eigenvalue weighted by Crippen LogP contribution is -2.20. The van der Waals surface area contributed by atoms with Gasteiger partial charge in [-0.05, 0) is 18.1 Å². The Balaban J connectivity index is 2.81. The van der Waals surface area contributed by atoms with Crippen molar-refractivity contribution in [1.82, 2.24) is 4.57 Å². The molecule has 0 aliphatic carbocycles. The van der Waals surface area contributed by atoms with Crippen molar-refractivity contribution in [3.05, 3.63) is 24.0 Å². The van der Waals surface area contributed by atoms with E-state index in [9.17, 15) is 0 Å². The Morgan fingerprint density at radius 1 is 1.53 bits per heavy atom. The fourth-order valence-corrected chi connectivity index (χ4v) is 1.68. The van der Waals surface area contributed by atoms with Gasteiger partial charge < -0.3 is 15.5 Å². The van der Waals surface area contributed by atoms with E-state index in [4.69, 9.17) is 10.9 Å². The molecule has 1 rings (SSSR count). The van der Waals surface area contributed by atoms with Crippen LogP contribution in [0.5, 0.6) is 0 Å².